The van der Waals surface area contributed by atoms with Crippen molar-refractivity contribution in [2.75, 3.05) is 56.7 Å². The lowest BCUT2D eigenvalue weighted by Crippen LogP contribution is -2.44. The molecule has 4 aromatic rings. The molecule has 0 saturated carbocycles. The second-order valence-electron chi connectivity index (χ2n) is 9.79. The molecule has 6 rings (SSSR count). The Morgan fingerprint density at radius 2 is 1.78 bits per heavy atom. The summed E-state index contributed by atoms with van der Waals surface area (Å²) in [6.07, 6.45) is 1.06. The average Bonchev–Trinajstić information content (AvgIpc) is 3.61. The molecule has 0 aliphatic carbocycles. The lowest BCUT2D eigenvalue weighted by molar-refractivity contribution is 0.102. The first-order chi connectivity index (χ1) is 18.1. The van der Waals surface area contributed by atoms with Crippen molar-refractivity contribution in [1.82, 2.24) is 15.1 Å². The van der Waals surface area contributed by atoms with Gasteiger partial charge in [0.1, 0.15) is 11.9 Å². The first-order valence-electron chi connectivity index (χ1n) is 12.8. The van der Waals surface area contributed by atoms with Gasteiger partial charge in [0.15, 0.2) is 5.82 Å². The Balaban J connectivity index is 1.11. The number of aromatic nitrogens is 2. The number of likely N-dealkylation sites (N-methyl/N-ethyl adjacent to an activating group) is 1. The van der Waals surface area contributed by atoms with Crippen molar-refractivity contribution in [2.24, 2.45) is 0 Å². The normalized spacial score (nSPS) is 18.3. The van der Waals surface area contributed by atoms with Crippen LogP contribution in [0.1, 0.15) is 16.8 Å². The lowest BCUT2D eigenvalue weighted by atomic mass is 10.0. The molecule has 8 heteroatoms. The maximum atomic E-state index is 12.8. The van der Waals surface area contributed by atoms with Crippen LogP contribution in [0.15, 0.2) is 66.7 Å². The van der Waals surface area contributed by atoms with Gasteiger partial charge in [0, 0.05) is 55.5 Å². The van der Waals surface area contributed by atoms with E-state index in [4.69, 9.17) is 9.47 Å². The van der Waals surface area contributed by atoms with Crippen LogP contribution in [0.4, 0.5) is 11.5 Å². The highest BCUT2D eigenvalue weighted by Gasteiger charge is 2.18. The van der Waals surface area contributed by atoms with E-state index in [-0.39, 0.29) is 12.0 Å². The predicted molar refractivity (Wildman–Crippen MR) is 145 cm³/mol. The molecule has 1 aromatic heterocycles. The molecule has 3 heterocycles. The molecule has 2 N–H and O–H groups in total. The molecule has 3 aromatic carbocycles. The minimum absolute atomic E-state index is 0.130. The third kappa shape index (κ3) is 5.30. The van der Waals surface area contributed by atoms with Crippen LogP contribution in [0, 0.1) is 0 Å². The summed E-state index contributed by atoms with van der Waals surface area (Å²) in [6.45, 7) is 5.50. The summed E-state index contributed by atoms with van der Waals surface area (Å²) in [5.41, 5.74) is 3.59. The Labute approximate surface area is 216 Å². The van der Waals surface area contributed by atoms with Gasteiger partial charge in [-0.25, -0.2) is 0 Å². The number of carbonyl (C=O) groups is 1. The van der Waals surface area contributed by atoms with Crippen molar-refractivity contribution >= 4 is 28.2 Å². The number of benzene rings is 3. The number of hydrogen-bond acceptors (Lipinski definition) is 6. The summed E-state index contributed by atoms with van der Waals surface area (Å²) < 4.78 is 11.4. The van der Waals surface area contributed by atoms with Crippen molar-refractivity contribution < 1.29 is 14.3 Å². The van der Waals surface area contributed by atoms with Gasteiger partial charge < -0.3 is 24.6 Å². The van der Waals surface area contributed by atoms with Crippen molar-refractivity contribution in [3.63, 3.8) is 0 Å². The molecule has 0 spiro atoms. The van der Waals surface area contributed by atoms with Crippen LogP contribution in [0.2, 0.25) is 0 Å². The van der Waals surface area contributed by atoms with Crippen LogP contribution in [0.3, 0.4) is 0 Å². The van der Waals surface area contributed by atoms with Crippen molar-refractivity contribution in [3.05, 3.63) is 72.3 Å². The Kier molecular flexibility index (Phi) is 6.51. The van der Waals surface area contributed by atoms with E-state index in [9.17, 15) is 4.79 Å². The number of H-pyrrole nitrogens is 1. The summed E-state index contributed by atoms with van der Waals surface area (Å²) in [7, 11) is 2.14. The number of rotatable bonds is 6. The summed E-state index contributed by atoms with van der Waals surface area (Å²) in [5.74, 6) is 1.17. The Bertz CT molecular complexity index is 1390. The predicted octanol–water partition coefficient (Wildman–Crippen LogP) is 4.40. The Morgan fingerprint density at radius 3 is 2.57 bits per heavy atom. The van der Waals surface area contributed by atoms with E-state index in [1.54, 1.807) is 0 Å². The fourth-order valence-electron chi connectivity index (χ4n) is 4.87. The third-order valence-electron chi connectivity index (χ3n) is 7.13. The molecule has 1 amide bonds. The summed E-state index contributed by atoms with van der Waals surface area (Å²) in [4.78, 5) is 17.5. The van der Waals surface area contributed by atoms with Gasteiger partial charge in [0.25, 0.3) is 5.91 Å². The molecule has 2 fully saturated rings. The molecule has 190 valence electrons. The first kappa shape index (κ1) is 23.5. The summed E-state index contributed by atoms with van der Waals surface area (Å²) in [6, 6.07) is 22.0. The number of nitrogens with zero attached hydrogens (tertiary/aromatic N) is 3. The van der Waals surface area contributed by atoms with Crippen LogP contribution in [-0.4, -0.2) is 73.5 Å². The van der Waals surface area contributed by atoms with Crippen LogP contribution >= 0.6 is 0 Å². The fourth-order valence-corrected chi connectivity index (χ4v) is 4.87. The van der Waals surface area contributed by atoms with Crippen LogP contribution in [-0.2, 0) is 4.74 Å². The number of fused-ring (bicyclic) bond motifs is 1. The highest BCUT2D eigenvalue weighted by Crippen LogP contribution is 2.28. The maximum absolute atomic E-state index is 12.8. The minimum atomic E-state index is -0.179. The number of nitrogens with one attached hydrogen (secondary N) is 2. The van der Waals surface area contributed by atoms with E-state index in [0.29, 0.717) is 18.0 Å². The number of anilines is 2. The number of hydrogen-bond donors (Lipinski definition) is 2. The van der Waals surface area contributed by atoms with Gasteiger partial charge in [0.05, 0.1) is 18.9 Å². The minimum Gasteiger partial charge on any atom is -0.488 e. The molecule has 0 radical (unpaired) electrons. The van der Waals surface area contributed by atoms with Gasteiger partial charge in [-0.1, -0.05) is 18.2 Å². The second kappa shape index (κ2) is 10.2. The quantitative estimate of drug-likeness (QED) is 0.411. The highest BCUT2D eigenvalue weighted by atomic mass is 16.5. The number of amides is 1. The summed E-state index contributed by atoms with van der Waals surface area (Å²) in [5, 5.41) is 12.5. The van der Waals surface area contributed by atoms with Crippen LogP contribution in [0.25, 0.3) is 22.0 Å². The van der Waals surface area contributed by atoms with Gasteiger partial charge in [-0.05, 0) is 60.3 Å². The second-order valence-corrected chi connectivity index (χ2v) is 9.79. The number of aromatic amines is 1. The molecule has 2 aliphatic rings. The van der Waals surface area contributed by atoms with Crippen molar-refractivity contribution in [3.8, 4) is 17.0 Å². The largest absolute Gasteiger partial charge is 0.488 e. The lowest BCUT2D eigenvalue weighted by Gasteiger charge is -2.34. The zero-order valence-corrected chi connectivity index (χ0v) is 20.9. The molecule has 37 heavy (non-hydrogen) atoms. The molecule has 1 atom stereocenters. The molecular weight excluding hydrogens is 466 g/mol. The monoisotopic (exact) mass is 497 g/mol. The van der Waals surface area contributed by atoms with Crippen LogP contribution in [0.5, 0.6) is 5.75 Å². The molecule has 1 unspecified atom stereocenters. The van der Waals surface area contributed by atoms with Gasteiger partial charge in [-0.15, -0.1) is 0 Å². The number of ether oxygens (including phenoxy) is 2. The molecule has 8 nitrogen and oxygen atoms in total. The van der Waals surface area contributed by atoms with E-state index in [1.165, 1.54) is 0 Å². The zero-order valence-electron chi connectivity index (χ0n) is 20.9. The molecule has 0 bridgehead atoms. The molecular formula is C29H31N5O3. The van der Waals surface area contributed by atoms with E-state index >= 15 is 0 Å². The highest BCUT2D eigenvalue weighted by molar-refractivity contribution is 6.04. The van der Waals surface area contributed by atoms with Gasteiger partial charge in [-0.3, -0.25) is 9.89 Å². The third-order valence-corrected chi connectivity index (χ3v) is 7.13. The van der Waals surface area contributed by atoms with Crippen LogP contribution < -0.4 is 15.0 Å². The fraction of sp³-hybridized carbons (Fsp3) is 0.310. The first-order valence-corrected chi connectivity index (χ1v) is 12.8. The van der Waals surface area contributed by atoms with E-state index in [0.717, 1.165) is 72.7 Å². The van der Waals surface area contributed by atoms with E-state index < -0.39 is 0 Å². The van der Waals surface area contributed by atoms with E-state index in [2.05, 4.69) is 56.6 Å². The van der Waals surface area contributed by atoms with Gasteiger partial charge in [-0.2, -0.15) is 5.10 Å². The van der Waals surface area contributed by atoms with Gasteiger partial charge in [0.2, 0.25) is 0 Å². The maximum Gasteiger partial charge on any atom is 0.256 e. The SMILES string of the molecule is CN1CCN(c2ccc(C(=O)Nc3cc(-c4ccc5cc(OC6CCOC6)ccc5c4)[nH]n3)cc2)CC1. The zero-order chi connectivity index (χ0) is 25.2. The number of piperazine rings is 1. The van der Waals surface area contributed by atoms with Crippen molar-refractivity contribution in [2.45, 2.75) is 12.5 Å². The van der Waals surface area contributed by atoms with Gasteiger partial charge >= 0.3 is 0 Å². The molecule has 2 saturated heterocycles. The standard InChI is InChI=1S/C29H31N5O3/c1-33-11-13-34(14-12-33)24-7-4-20(5-8-24)29(35)30-28-18-27(31-32-28)23-3-2-22-17-25(9-6-21(22)16-23)37-26-10-15-36-19-26/h2-9,16-18,26H,10-15,19H2,1H3,(H2,30,31,32,35). The van der Waals surface area contributed by atoms with E-state index in [1.807, 2.05) is 42.5 Å². The molecule has 2 aliphatic heterocycles. The smallest absolute Gasteiger partial charge is 0.256 e. The Morgan fingerprint density at radius 1 is 1.00 bits per heavy atom. The Hall–Kier alpha value is -3.88. The number of carbonyl (C=O) groups excluding carboxylic acids is 1. The summed E-state index contributed by atoms with van der Waals surface area (Å²) >= 11 is 0. The topological polar surface area (TPSA) is 82.7 Å². The van der Waals surface area contributed by atoms with Crippen molar-refractivity contribution in [1.29, 1.82) is 0 Å². The average molecular weight is 498 g/mol.